The quantitative estimate of drug-likeness (QED) is 0.787. The van der Waals surface area contributed by atoms with E-state index >= 15 is 0 Å². The summed E-state index contributed by atoms with van der Waals surface area (Å²) in [5.41, 5.74) is 3.00. The van der Waals surface area contributed by atoms with Crippen molar-refractivity contribution in [2.24, 2.45) is 0 Å². The first-order chi connectivity index (χ1) is 7.86. The van der Waals surface area contributed by atoms with Crippen LogP contribution in [0.25, 0.3) is 0 Å². The van der Waals surface area contributed by atoms with Crippen molar-refractivity contribution < 1.29 is 9.84 Å². The van der Waals surface area contributed by atoms with Gasteiger partial charge >= 0.3 is 0 Å². The van der Waals surface area contributed by atoms with E-state index in [1.165, 1.54) is 0 Å². The molecule has 2 nitrogen and oxygen atoms in total. The van der Waals surface area contributed by atoms with Crippen LogP contribution in [-0.4, -0.2) is 5.11 Å². The minimum atomic E-state index is -0.804. The molecule has 0 saturated heterocycles. The fourth-order valence-corrected chi connectivity index (χ4v) is 2.14. The number of hydrogen-bond acceptors (Lipinski definition) is 2. The minimum absolute atomic E-state index is 0.146. The van der Waals surface area contributed by atoms with E-state index < -0.39 is 6.29 Å². The van der Waals surface area contributed by atoms with Gasteiger partial charge in [0.25, 0.3) is 0 Å². The smallest absolute Gasteiger partial charge is 0.182 e. The average molecular weight is 212 g/mol. The molecular formula is C14H12O2. The fraction of sp³-hybridized carbons (Fsp3) is 0.143. The summed E-state index contributed by atoms with van der Waals surface area (Å²) in [4.78, 5) is 0. The van der Waals surface area contributed by atoms with Crippen molar-refractivity contribution in [1.29, 1.82) is 0 Å². The molecule has 0 amide bonds. The van der Waals surface area contributed by atoms with E-state index in [0.29, 0.717) is 0 Å². The summed E-state index contributed by atoms with van der Waals surface area (Å²) in [5.74, 6) is 0. The molecule has 2 unspecified atom stereocenters. The number of benzene rings is 2. The molecule has 0 bridgehead atoms. The number of ether oxygens (including phenoxy) is 1. The van der Waals surface area contributed by atoms with Gasteiger partial charge in [0, 0.05) is 5.56 Å². The van der Waals surface area contributed by atoms with Gasteiger partial charge in [-0.2, -0.15) is 0 Å². The Bertz CT molecular complexity index is 493. The molecule has 1 aliphatic rings. The summed E-state index contributed by atoms with van der Waals surface area (Å²) in [6.45, 7) is 0. The maximum absolute atomic E-state index is 9.79. The Morgan fingerprint density at radius 3 is 2.19 bits per heavy atom. The highest BCUT2D eigenvalue weighted by molar-refractivity contribution is 5.39. The molecule has 1 heterocycles. The molecule has 2 heteroatoms. The molecule has 0 aliphatic carbocycles. The molecular weight excluding hydrogens is 200 g/mol. The molecule has 1 aliphatic heterocycles. The van der Waals surface area contributed by atoms with Crippen molar-refractivity contribution >= 4 is 0 Å². The molecule has 80 valence electrons. The number of aliphatic hydroxyl groups excluding tert-OH is 1. The van der Waals surface area contributed by atoms with Crippen molar-refractivity contribution in [3.8, 4) is 0 Å². The normalized spacial score (nSPS) is 23.1. The summed E-state index contributed by atoms with van der Waals surface area (Å²) >= 11 is 0. The van der Waals surface area contributed by atoms with Gasteiger partial charge in [0.05, 0.1) is 0 Å². The molecule has 0 spiro atoms. The Morgan fingerprint density at radius 2 is 1.44 bits per heavy atom. The maximum Gasteiger partial charge on any atom is 0.182 e. The summed E-state index contributed by atoms with van der Waals surface area (Å²) < 4.78 is 5.57. The van der Waals surface area contributed by atoms with Crippen LogP contribution in [0.4, 0.5) is 0 Å². The highest BCUT2D eigenvalue weighted by Gasteiger charge is 2.30. The van der Waals surface area contributed by atoms with Crippen LogP contribution in [0.1, 0.15) is 29.1 Å². The van der Waals surface area contributed by atoms with Gasteiger partial charge in [0.1, 0.15) is 6.10 Å². The summed E-state index contributed by atoms with van der Waals surface area (Å²) in [5, 5.41) is 9.79. The number of aliphatic hydroxyl groups is 1. The van der Waals surface area contributed by atoms with E-state index in [1.807, 2.05) is 54.6 Å². The molecule has 16 heavy (non-hydrogen) atoms. The van der Waals surface area contributed by atoms with Crippen LogP contribution < -0.4 is 0 Å². The molecule has 0 aromatic heterocycles. The van der Waals surface area contributed by atoms with Gasteiger partial charge in [-0.05, 0) is 11.1 Å². The van der Waals surface area contributed by atoms with Crippen LogP contribution in [0.15, 0.2) is 54.6 Å². The SMILES string of the molecule is OC1OC(c2ccccc2)c2ccccc21. The number of fused-ring (bicyclic) bond motifs is 1. The van der Waals surface area contributed by atoms with Crippen molar-refractivity contribution in [3.63, 3.8) is 0 Å². The van der Waals surface area contributed by atoms with Crippen molar-refractivity contribution in [2.45, 2.75) is 12.4 Å². The Labute approximate surface area is 94.1 Å². The molecule has 1 N–H and O–H groups in total. The van der Waals surface area contributed by atoms with Crippen LogP contribution >= 0.6 is 0 Å². The van der Waals surface area contributed by atoms with Crippen molar-refractivity contribution in [2.75, 3.05) is 0 Å². The minimum Gasteiger partial charge on any atom is -0.364 e. The van der Waals surface area contributed by atoms with E-state index in [-0.39, 0.29) is 6.10 Å². The highest BCUT2D eigenvalue weighted by Crippen LogP contribution is 2.40. The second-order valence-corrected chi connectivity index (χ2v) is 3.91. The first kappa shape index (κ1) is 9.58. The highest BCUT2D eigenvalue weighted by atomic mass is 16.6. The number of rotatable bonds is 1. The van der Waals surface area contributed by atoms with Gasteiger partial charge < -0.3 is 9.84 Å². The van der Waals surface area contributed by atoms with Gasteiger partial charge in [-0.25, -0.2) is 0 Å². The number of hydrogen-bond donors (Lipinski definition) is 1. The lowest BCUT2D eigenvalue weighted by molar-refractivity contribution is -0.109. The lowest BCUT2D eigenvalue weighted by atomic mass is 9.99. The Hall–Kier alpha value is -1.64. The van der Waals surface area contributed by atoms with Gasteiger partial charge in [-0.1, -0.05) is 54.6 Å². The van der Waals surface area contributed by atoms with Crippen LogP contribution in [0.3, 0.4) is 0 Å². The van der Waals surface area contributed by atoms with Crippen LogP contribution in [-0.2, 0) is 4.74 Å². The van der Waals surface area contributed by atoms with Crippen molar-refractivity contribution in [1.82, 2.24) is 0 Å². The largest absolute Gasteiger partial charge is 0.364 e. The Balaban J connectivity index is 2.07. The van der Waals surface area contributed by atoms with E-state index in [0.717, 1.165) is 16.7 Å². The first-order valence-electron chi connectivity index (χ1n) is 5.33. The molecule has 3 rings (SSSR count). The Kier molecular flexibility index (Phi) is 2.24. The zero-order chi connectivity index (χ0) is 11.0. The first-order valence-corrected chi connectivity index (χ1v) is 5.33. The lowest BCUT2D eigenvalue weighted by Crippen LogP contribution is -1.99. The van der Waals surface area contributed by atoms with E-state index in [1.54, 1.807) is 0 Å². The van der Waals surface area contributed by atoms with Gasteiger partial charge in [0.2, 0.25) is 0 Å². The Morgan fingerprint density at radius 1 is 0.812 bits per heavy atom. The molecule has 0 fully saturated rings. The third-order valence-electron chi connectivity index (χ3n) is 2.91. The molecule has 0 saturated carbocycles. The van der Waals surface area contributed by atoms with Crippen LogP contribution in [0, 0.1) is 0 Å². The van der Waals surface area contributed by atoms with E-state index in [2.05, 4.69) is 0 Å². The van der Waals surface area contributed by atoms with E-state index in [4.69, 9.17) is 4.74 Å². The summed E-state index contributed by atoms with van der Waals surface area (Å²) in [6.07, 6.45) is -0.950. The summed E-state index contributed by atoms with van der Waals surface area (Å²) in [7, 11) is 0. The predicted octanol–water partition coefficient (Wildman–Crippen LogP) is 2.80. The van der Waals surface area contributed by atoms with Crippen molar-refractivity contribution in [3.05, 3.63) is 71.3 Å². The predicted molar refractivity (Wildman–Crippen MR) is 60.8 cm³/mol. The topological polar surface area (TPSA) is 29.5 Å². The second-order valence-electron chi connectivity index (χ2n) is 3.91. The summed E-state index contributed by atoms with van der Waals surface area (Å²) in [6, 6.07) is 17.7. The van der Waals surface area contributed by atoms with Crippen LogP contribution in [0.2, 0.25) is 0 Å². The third-order valence-corrected chi connectivity index (χ3v) is 2.91. The van der Waals surface area contributed by atoms with E-state index in [9.17, 15) is 5.11 Å². The molecule has 0 radical (unpaired) electrons. The lowest BCUT2D eigenvalue weighted by Gasteiger charge is -2.11. The monoisotopic (exact) mass is 212 g/mol. The van der Waals surface area contributed by atoms with Gasteiger partial charge in [-0.15, -0.1) is 0 Å². The second kappa shape index (κ2) is 3.74. The zero-order valence-electron chi connectivity index (χ0n) is 8.71. The fourth-order valence-electron chi connectivity index (χ4n) is 2.14. The van der Waals surface area contributed by atoms with Gasteiger partial charge in [0.15, 0.2) is 6.29 Å². The standard InChI is InChI=1S/C14H12O2/c15-14-12-9-5-4-8-11(12)13(16-14)10-6-2-1-3-7-10/h1-9,13-15H. The average Bonchev–Trinajstić information content (AvgIpc) is 2.69. The third kappa shape index (κ3) is 1.43. The molecule has 2 atom stereocenters. The van der Waals surface area contributed by atoms with Gasteiger partial charge in [-0.3, -0.25) is 0 Å². The molecule has 2 aromatic carbocycles. The van der Waals surface area contributed by atoms with Crippen LogP contribution in [0.5, 0.6) is 0 Å². The zero-order valence-corrected chi connectivity index (χ0v) is 8.71. The molecule has 2 aromatic rings. The maximum atomic E-state index is 9.79.